The van der Waals surface area contributed by atoms with Crippen molar-refractivity contribution >= 4 is 41.0 Å². The van der Waals surface area contributed by atoms with Crippen LogP contribution in [-0.4, -0.2) is 24.3 Å². The number of aliphatic imine (C=N–C) groups is 1. The van der Waals surface area contributed by atoms with Gasteiger partial charge in [-0.3, -0.25) is 9.59 Å². The Balaban J connectivity index is 1.44. The summed E-state index contributed by atoms with van der Waals surface area (Å²) in [4.78, 5) is 29.0. The van der Waals surface area contributed by atoms with Gasteiger partial charge in [0, 0.05) is 6.54 Å². The Hall–Kier alpha value is -3.00. The van der Waals surface area contributed by atoms with E-state index in [1.807, 2.05) is 30.3 Å². The lowest BCUT2D eigenvalue weighted by Crippen LogP contribution is -2.37. The highest BCUT2D eigenvalue weighted by Gasteiger charge is 2.19. The van der Waals surface area contributed by atoms with Crippen LogP contribution in [-0.2, 0) is 16.1 Å². The molecule has 8 heteroatoms. The molecule has 0 spiro atoms. The molecule has 3 N–H and O–H groups in total. The Kier molecular flexibility index (Phi) is 4.02. The summed E-state index contributed by atoms with van der Waals surface area (Å²) in [5, 5.41) is 5.56. The van der Waals surface area contributed by atoms with Crippen LogP contribution in [0.15, 0.2) is 52.4 Å². The number of nitrogens with zero attached hydrogens (tertiary/aromatic N) is 1. The standard InChI is InChI=1S/C17H14N4O3S/c22-15-9-24-13-6-5-10(7-12(13)19-15)8-18-17(23)16-20-11-3-1-2-4-14(11)25-21-16/h1-7H,8-9H2,(H,18,23)(H,19,22)(H,20,21). The lowest BCUT2D eigenvalue weighted by Gasteiger charge is -2.19. The quantitative estimate of drug-likeness (QED) is 0.733. The number of hydrogen-bond donors (Lipinski definition) is 3. The van der Waals surface area contributed by atoms with E-state index < -0.39 is 0 Å². The number of ether oxygens (including phenoxy) is 1. The molecule has 0 radical (unpaired) electrons. The lowest BCUT2D eigenvalue weighted by atomic mass is 10.1. The average Bonchev–Trinajstić information content (AvgIpc) is 2.65. The van der Waals surface area contributed by atoms with E-state index in [1.165, 1.54) is 11.9 Å². The maximum atomic E-state index is 12.3. The summed E-state index contributed by atoms with van der Waals surface area (Å²) in [6.45, 7) is 0.336. The average molecular weight is 354 g/mol. The van der Waals surface area contributed by atoms with Crippen LogP contribution in [0.4, 0.5) is 11.4 Å². The fourth-order valence-electron chi connectivity index (χ4n) is 2.49. The first kappa shape index (κ1) is 15.5. The van der Waals surface area contributed by atoms with E-state index in [-0.39, 0.29) is 24.3 Å². The first-order valence-electron chi connectivity index (χ1n) is 7.63. The van der Waals surface area contributed by atoms with Gasteiger partial charge < -0.3 is 20.1 Å². The molecule has 0 aliphatic carbocycles. The van der Waals surface area contributed by atoms with Gasteiger partial charge in [0.25, 0.3) is 11.8 Å². The molecule has 0 saturated heterocycles. The summed E-state index contributed by atoms with van der Waals surface area (Å²) in [6, 6.07) is 13.0. The molecule has 2 aliphatic heterocycles. The van der Waals surface area contributed by atoms with E-state index >= 15 is 0 Å². The minimum Gasteiger partial charge on any atom is -0.482 e. The number of anilines is 1. The molecule has 0 saturated carbocycles. The van der Waals surface area contributed by atoms with Gasteiger partial charge in [-0.25, -0.2) is 4.99 Å². The molecule has 126 valence electrons. The summed E-state index contributed by atoms with van der Waals surface area (Å²) < 4.78 is 8.26. The molecule has 25 heavy (non-hydrogen) atoms. The summed E-state index contributed by atoms with van der Waals surface area (Å²) in [6.07, 6.45) is 0. The number of amides is 2. The van der Waals surface area contributed by atoms with Crippen molar-refractivity contribution in [1.82, 2.24) is 10.0 Å². The Bertz CT molecular complexity index is 897. The van der Waals surface area contributed by atoms with E-state index in [1.54, 1.807) is 12.1 Å². The summed E-state index contributed by atoms with van der Waals surface area (Å²) in [5.74, 6) is 0.407. The number of hydrogen-bond acceptors (Lipinski definition) is 6. The van der Waals surface area contributed by atoms with E-state index in [0.29, 0.717) is 18.0 Å². The van der Waals surface area contributed by atoms with Crippen LogP contribution in [0.5, 0.6) is 5.75 Å². The van der Waals surface area contributed by atoms with Crippen molar-refractivity contribution in [3.63, 3.8) is 0 Å². The number of carbonyl (C=O) groups excluding carboxylic acids is 2. The SMILES string of the molecule is O=C1COc2ccc(CNC(=O)C3=Nc4ccccc4SN3)cc2N1. The molecule has 0 aromatic heterocycles. The molecule has 0 atom stereocenters. The number of amidine groups is 1. The molecule has 4 rings (SSSR count). The molecule has 0 unspecified atom stereocenters. The highest BCUT2D eigenvalue weighted by atomic mass is 32.2. The molecule has 0 fully saturated rings. The molecule has 2 aromatic rings. The van der Waals surface area contributed by atoms with Crippen LogP contribution in [0.1, 0.15) is 5.56 Å². The van der Waals surface area contributed by atoms with Crippen molar-refractivity contribution < 1.29 is 14.3 Å². The van der Waals surface area contributed by atoms with Gasteiger partial charge in [-0.1, -0.05) is 18.2 Å². The summed E-state index contributed by atoms with van der Waals surface area (Å²) >= 11 is 1.36. The number of fused-ring (bicyclic) bond motifs is 2. The van der Waals surface area contributed by atoms with Crippen LogP contribution in [0.25, 0.3) is 0 Å². The van der Waals surface area contributed by atoms with Gasteiger partial charge in [-0.2, -0.15) is 0 Å². The minimum atomic E-state index is -0.292. The number of rotatable bonds is 3. The van der Waals surface area contributed by atoms with Crippen LogP contribution >= 0.6 is 11.9 Å². The smallest absolute Gasteiger partial charge is 0.287 e. The van der Waals surface area contributed by atoms with Gasteiger partial charge in [0.05, 0.1) is 16.3 Å². The zero-order chi connectivity index (χ0) is 17.2. The van der Waals surface area contributed by atoms with E-state index in [4.69, 9.17) is 4.74 Å². The Morgan fingerprint density at radius 3 is 3.08 bits per heavy atom. The van der Waals surface area contributed by atoms with Crippen molar-refractivity contribution in [2.75, 3.05) is 11.9 Å². The maximum absolute atomic E-state index is 12.3. The highest BCUT2D eigenvalue weighted by Crippen LogP contribution is 2.31. The van der Waals surface area contributed by atoms with Crippen molar-refractivity contribution in [2.45, 2.75) is 11.4 Å². The second-order valence-corrected chi connectivity index (χ2v) is 6.33. The third-order valence-electron chi connectivity index (χ3n) is 3.70. The maximum Gasteiger partial charge on any atom is 0.287 e. The fraction of sp³-hybridized carbons (Fsp3) is 0.118. The normalized spacial score (nSPS) is 14.9. The Morgan fingerprint density at radius 2 is 2.16 bits per heavy atom. The van der Waals surface area contributed by atoms with Gasteiger partial charge in [0.1, 0.15) is 5.75 Å². The number of nitrogens with one attached hydrogen (secondary N) is 3. The monoisotopic (exact) mass is 354 g/mol. The molecule has 0 bridgehead atoms. The molecular weight excluding hydrogens is 340 g/mol. The molecule has 2 aromatic carbocycles. The summed E-state index contributed by atoms with van der Waals surface area (Å²) in [7, 11) is 0. The first-order chi connectivity index (χ1) is 12.2. The second kappa shape index (κ2) is 6.48. The molecule has 7 nitrogen and oxygen atoms in total. The van der Waals surface area contributed by atoms with Gasteiger partial charge in [0.15, 0.2) is 6.61 Å². The highest BCUT2D eigenvalue weighted by molar-refractivity contribution is 7.98. The second-order valence-electron chi connectivity index (χ2n) is 5.48. The van der Waals surface area contributed by atoms with Crippen LogP contribution in [0.2, 0.25) is 0 Å². The van der Waals surface area contributed by atoms with Gasteiger partial charge in [0.2, 0.25) is 5.84 Å². The third-order valence-corrected chi connectivity index (χ3v) is 4.56. The topological polar surface area (TPSA) is 91.8 Å². The Labute approximate surface area is 148 Å². The fourth-order valence-corrected chi connectivity index (χ4v) is 3.20. The van der Waals surface area contributed by atoms with Gasteiger partial charge in [-0.05, 0) is 41.8 Å². The first-order valence-corrected chi connectivity index (χ1v) is 8.45. The third kappa shape index (κ3) is 3.29. The van der Waals surface area contributed by atoms with Crippen LogP contribution < -0.4 is 20.1 Å². The predicted octanol–water partition coefficient (Wildman–Crippen LogP) is 1.97. The van der Waals surface area contributed by atoms with Crippen LogP contribution in [0.3, 0.4) is 0 Å². The van der Waals surface area contributed by atoms with Crippen molar-refractivity contribution in [2.24, 2.45) is 4.99 Å². The minimum absolute atomic E-state index is 0.0215. The van der Waals surface area contributed by atoms with Crippen molar-refractivity contribution in [3.8, 4) is 5.75 Å². The molecule has 2 amide bonds. The number of para-hydroxylation sites is 1. The van der Waals surface area contributed by atoms with E-state index in [9.17, 15) is 9.59 Å². The molecule has 2 aliphatic rings. The summed E-state index contributed by atoms with van der Waals surface area (Å²) in [5.41, 5.74) is 2.23. The predicted molar refractivity (Wildman–Crippen MR) is 94.9 cm³/mol. The number of carbonyl (C=O) groups is 2. The van der Waals surface area contributed by atoms with Gasteiger partial charge in [-0.15, -0.1) is 0 Å². The zero-order valence-corrected chi connectivity index (χ0v) is 13.9. The Morgan fingerprint density at radius 1 is 1.28 bits per heavy atom. The van der Waals surface area contributed by atoms with Crippen molar-refractivity contribution in [1.29, 1.82) is 0 Å². The number of benzene rings is 2. The zero-order valence-electron chi connectivity index (χ0n) is 13.0. The van der Waals surface area contributed by atoms with Gasteiger partial charge >= 0.3 is 0 Å². The lowest BCUT2D eigenvalue weighted by molar-refractivity contribution is -0.118. The molecular formula is C17H14N4O3S. The largest absolute Gasteiger partial charge is 0.482 e. The van der Waals surface area contributed by atoms with E-state index in [0.717, 1.165) is 16.1 Å². The van der Waals surface area contributed by atoms with Crippen molar-refractivity contribution in [3.05, 3.63) is 48.0 Å². The van der Waals surface area contributed by atoms with Crippen LogP contribution in [0, 0.1) is 0 Å². The molecule has 2 heterocycles. The van der Waals surface area contributed by atoms with E-state index in [2.05, 4.69) is 20.3 Å².